The fourth-order valence-electron chi connectivity index (χ4n) is 1.83. The number of nitrogens with two attached hydrogens (primary N) is 2. The third kappa shape index (κ3) is 2.30. The smallest absolute Gasteiger partial charge is 0.225 e. The van der Waals surface area contributed by atoms with Gasteiger partial charge < -0.3 is 16.2 Å². The van der Waals surface area contributed by atoms with Gasteiger partial charge in [-0.25, -0.2) is 0 Å². The van der Waals surface area contributed by atoms with Crippen LogP contribution in [-0.4, -0.2) is 21.6 Å². The second-order valence-electron chi connectivity index (χ2n) is 4.02. The number of nitrogens with zero attached hydrogens (tertiary/aromatic N) is 3. The highest BCUT2D eigenvalue weighted by atomic mass is 35.5. The molecular weight excluding hydrogens is 266 g/mol. The van der Waals surface area contributed by atoms with E-state index in [1.165, 1.54) is 0 Å². The maximum Gasteiger partial charge on any atom is 0.225 e. The van der Waals surface area contributed by atoms with Crippen LogP contribution in [0.3, 0.4) is 0 Å². The molecule has 0 radical (unpaired) electrons. The van der Waals surface area contributed by atoms with Crippen molar-refractivity contribution in [2.24, 2.45) is 0 Å². The summed E-state index contributed by atoms with van der Waals surface area (Å²) in [5, 5.41) is 0.634. The first-order chi connectivity index (χ1) is 9.11. The molecule has 2 aromatic rings. The summed E-state index contributed by atoms with van der Waals surface area (Å²) >= 11 is 5.95. The molecule has 2 heterocycles. The van der Waals surface area contributed by atoms with Crippen molar-refractivity contribution in [2.75, 3.05) is 18.1 Å². The molecule has 1 aliphatic rings. The predicted octanol–water partition coefficient (Wildman–Crippen LogP) is 1.62. The van der Waals surface area contributed by atoms with Crippen LogP contribution in [0.15, 0.2) is 18.2 Å². The first-order valence-electron chi connectivity index (χ1n) is 5.52. The summed E-state index contributed by atoms with van der Waals surface area (Å²) in [5.74, 6) is 1.35. The molecule has 3 rings (SSSR count). The van der Waals surface area contributed by atoms with Crippen molar-refractivity contribution < 1.29 is 4.74 Å². The summed E-state index contributed by atoms with van der Waals surface area (Å²) in [6, 6.07) is 5.41. The minimum Gasteiger partial charge on any atom is -0.488 e. The van der Waals surface area contributed by atoms with Crippen LogP contribution in [0, 0.1) is 0 Å². The van der Waals surface area contributed by atoms with Gasteiger partial charge in [0, 0.05) is 16.2 Å². The van der Waals surface area contributed by atoms with Crippen LogP contribution in [-0.2, 0) is 0 Å². The number of halogens is 1. The summed E-state index contributed by atoms with van der Waals surface area (Å²) in [5.41, 5.74) is 12.7. The molecule has 1 aromatic heterocycles. The minimum absolute atomic E-state index is 0.0836. The molecule has 1 aromatic carbocycles. The normalized spacial score (nSPS) is 13.4. The fraction of sp³-hybridized carbons (Fsp3) is 0.0833. The lowest BCUT2D eigenvalue weighted by molar-refractivity contribution is 0.365. The number of hydrogen-bond donors (Lipinski definition) is 2. The third-order valence-electron chi connectivity index (χ3n) is 2.64. The van der Waals surface area contributed by atoms with E-state index in [2.05, 4.69) is 15.0 Å². The Morgan fingerprint density at radius 3 is 2.58 bits per heavy atom. The van der Waals surface area contributed by atoms with Gasteiger partial charge in [0.15, 0.2) is 5.82 Å². The molecule has 0 saturated heterocycles. The molecule has 0 spiro atoms. The molecule has 96 valence electrons. The molecular formula is C12H10ClN5O. The number of anilines is 2. The summed E-state index contributed by atoms with van der Waals surface area (Å²) in [6.07, 6.45) is 1.90. The maximum atomic E-state index is 5.95. The van der Waals surface area contributed by atoms with Crippen molar-refractivity contribution >= 4 is 35.1 Å². The zero-order valence-electron chi connectivity index (χ0n) is 9.80. The number of benzene rings is 1. The van der Waals surface area contributed by atoms with Crippen molar-refractivity contribution in [1.82, 2.24) is 15.0 Å². The highest BCUT2D eigenvalue weighted by Crippen LogP contribution is 2.31. The minimum atomic E-state index is 0.0836. The Morgan fingerprint density at radius 1 is 1.11 bits per heavy atom. The van der Waals surface area contributed by atoms with Gasteiger partial charge in [0.05, 0.1) is 0 Å². The molecule has 4 N–H and O–H groups in total. The number of ether oxygens (including phenoxy) is 1. The number of aromatic nitrogens is 3. The van der Waals surface area contributed by atoms with Crippen molar-refractivity contribution in [2.45, 2.75) is 0 Å². The van der Waals surface area contributed by atoms with Gasteiger partial charge in [0.2, 0.25) is 11.9 Å². The van der Waals surface area contributed by atoms with Gasteiger partial charge in [-0.2, -0.15) is 15.0 Å². The first-order valence-corrected chi connectivity index (χ1v) is 5.90. The summed E-state index contributed by atoms with van der Waals surface area (Å²) in [6.45, 7) is 0.345. The monoisotopic (exact) mass is 275 g/mol. The van der Waals surface area contributed by atoms with Gasteiger partial charge in [-0.1, -0.05) is 11.6 Å². The maximum absolute atomic E-state index is 5.95. The molecule has 19 heavy (non-hydrogen) atoms. The van der Waals surface area contributed by atoms with Crippen molar-refractivity contribution in [3.8, 4) is 5.75 Å². The quantitative estimate of drug-likeness (QED) is 0.820. The van der Waals surface area contributed by atoms with E-state index in [4.69, 9.17) is 27.8 Å². The van der Waals surface area contributed by atoms with Gasteiger partial charge in [-0.15, -0.1) is 0 Å². The molecule has 0 aliphatic carbocycles. The summed E-state index contributed by atoms with van der Waals surface area (Å²) in [4.78, 5) is 11.8. The van der Waals surface area contributed by atoms with Gasteiger partial charge in [0.1, 0.15) is 12.4 Å². The summed E-state index contributed by atoms with van der Waals surface area (Å²) in [7, 11) is 0. The average molecular weight is 276 g/mol. The van der Waals surface area contributed by atoms with Crippen LogP contribution in [0.25, 0.3) is 11.6 Å². The molecule has 1 aliphatic heterocycles. The van der Waals surface area contributed by atoms with E-state index in [0.29, 0.717) is 17.5 Å². The van der Waals surface area contributed by atoms with E-state index in [0.717, 1.165) is 16.9 Å². The van der Waals surface area contributed by atoms with Crippen LogP contribution in [0.2, 0.25) is 5.02 Å². The second kappa shape index (κ2) is 4.40. The Morgan fingerprint density at radius 2 is 1.84 bits per heavy atom. The van der Waals surface area contributed by atoms with E-state index >= 15 is 0 Å². The van der Waals surface area contributed by atoms with E-state index in [-0.39, 0.29) is 11.9 Å². The van der Waals surface area contributed by atoms with E-state index in [1.807, 2.05) is 18.2 Å². The largest absolute Gasteiger partial charge is 0.488 e. The van der Waals surface area contributed by atoms with E-state index < -0.39 is 0 Å². The molecule has 7 heteroatoms. The lowest BCUT2D eigenvalue weighted by atomic mass is 10.1. The van der Waals surface area contributed by atoms with Gasteiger partial charge in [-0.05, 0) is 24.3 Å². The Bertz CT molecular complexity index is 666. The molecule has 0 saturated carbocycles. The molecule has 0 bridgehead atoms. The van der Waals surface area contributed by atoms with Gasteiger partial charge >= 0.3 is 0 Å². The van der Waals surface area contributed by atoms with E-state index in [1.54, 1.807) is 6.07 Å². The first kappa shape index (κ1) is 11.7. The van der Waals surface area contributed by atoms with Crippen molar-refractivity contribution in [3.63, 3.8) is 0 Å². The summed E-state index contributed by atoms with van der Waals surface area (Å²) < 4.78 is 5.62. The van der Waals surface area contributed by atoms with Crippen LogP contribution >= 0.6 is 11.6 Å². The lowest BCUT2D eigenvalue weighted by Crippen LogP contribution is -2.12. The lowest BCUT2D eigenvalue weighted by Gasteiger charge is -2.17. The molecule has 0 atom stereocenters. The Labute approximate surface area is 114 Å². The SMILES string of the molecule is Nc1nc(N)nc(C2=Cc3cc(Cl)ccc3OC2)n1. The number of hydrogen-bond acceptors (Lipinski definition) is 6. The standard InChI is InChI=1S/C12H10ClN5O/c13-8-1-2-9-6(4-8)3-7(5-19-9)10-16-11(14)18-12(15)17-10/h1-4H,5H2,(H4,14,15,16,17,18). The highest BCUT2D eigenvalue weighted by molar-refractivity contribution is 6.30. The third-order valence-corrected chi connectivity index (χ3v) is 2.88. The molecule has 0 unspecified atom stereocenters. The fourth-order valence-corrected chi connectivity index (χ4v) is 2.01. The number of rotatable bonds is 1. The Balaban J connectivity index is 2.07. The molecule has 0 amide bonds. The van der Waals surface area contributed by atoms with Crippen molar-refractivity contribution in [1.29, 1.82) is 0 Å². The molecule has 0 fully saturated rings. The second-order valence-corrected chi connectivity index (χ2v) is 4.45. The Hall–Kier alpha value is -2.34. The van der Waals surface area contributed by atoms with Crippen molar-refractivity contribution in [3.05, 3.63) is 34.6 Å². The topological polar surface area (TPSA) is 99.9 Å². The predicted molar refractivity (Wildman–Crippen MR) is 73.5 cm³/mol. The zero-order valence-corrected chi connectivity index (χ0v) is 10.6. The van der Waals surface area contributed by atoms with Gasteiger partial charge in [0.25, 0.3) is 0 Å². The van der Waals surface area contributed by atoms with Crippen LogP contribution in [0.5, 0.6) is 5.75 Å². The Kier molecular flexibility index (Phi) is 2.72. The highest BCUT2D eigenvalue weighted by Gasteiger charge is 2.16. The van der Waals surface area contributed by atoms with E-state index in [9.17, 15) is 0 Å². The molecule has 6 nitrogen and oxygen atoms in total. The average Bonchev–Trinajstić information content (AvgIpc) is 2.36. The van der Waals surface area contributed by atoms with Crippen LogP contribution < -0.4 is 16.2 Å². The number of nitrogen functional groups attached to an aromatic ring is 2. The number of fused-ring (bicyclic) bond motifs is 1. The van der Waals surface area contributed by atoms with Crippen LogP contribution in [0.4, 0.5) is 11.9 Å². The zero-order chi connectivity index (χ0) is 13.4. The van der Waals surface area contributed by atoms with Gasteiger partial charge in [-0.3, -0.25) is 0 Å². The van der Waals surface area contributed by atoms with Crippen LogP contribution in [0.1, 0.15) is 11.4 Å².